The first-order chi connectivity index (χ1) is 8.20. The first-order valence-electron chi connectivity index (χ1n) is 5.51. The molecule has 0 bridgehead atoms. The lowest BCUT2D eigenvalue weighted by molar-refractivity contribution is 0.648. The van der Waals surface area contributed by atoms with Crippen LogP contribution in [0.1, 0.15) is 6.92 Å². The van der Waals surface area contributed by atoms with E-state index in [1.165, 1.54) is 4.68 Å². The number of halogens is 1. The van der Waals surface area contributed by atoms with Crippen LogP contribution in [-0.2, 0) is 6.54 Å². The molecule has 2 N–H and O–H groups in total. The van der Waals surface area contributed by atoms with Gasteiger partial charge in [-0.05, 0) is 22.5 Å². The molecule has 1 heterocycles. The summed E-state index contributed by atoms with van der Waals surface area (Å²) in [6.45, 7) is 8.57. The number of rotatable bonds is 7. The molecule has 0 fully saturated rings. The Morgan fingerprint density at radius 2 is 2.35 bits per heavy atom. The second-order valence-corrected chi connectivity index (χ2v) is 4.22. The van der Waals surface area contributed by atoms with Crippen molar-refractivity contribution in [3.8, 4) is 0 Å². The Morgan fingerprint density at radius 3 is 3.00 bits per heavy atom. The molecule has 0 saturated heterocycles. The van der Waals surface area contributed by atoms with Gasteiger partial charge in [0.05, 0.1) is 18.4 Å². The van der Waals surface area contributed by atoms with Crippen LogP contribution in [0.15, 0.2) is 28.1 Å². The van der Waals surface area contributed by atoms with Gasteiger partial charge in [0.25, 0.3) is 5.56 Å². The van der Waals surface area contributed by atoms with Gasteiger partial charge in [0, 0.05) is 13.1 Å². The zero-order valence-corrected chi connectivity index (χ0v) is 11.5. The Balaban J connectivity index is 2.71. The fourth-order valence-electron chi connectivity index (χ4n) is 1.30. The maximum atomic E-state index is 11.8. The molecule has 5 nitrogen and oxygen atoms in total. The molecule has 0 aliphatic heterocycles. The van der Waals surface area contributed by atoms with E-state index in [9.17, 15) is 4.79 Å². The zero-order valence-electron chi connectivity index (χ0n) is 9.87. The summed E-state index contributed by atoms with van der Waals surface area (Å²) in [6, 6.07) is 0. The summed E-state index contributed by atoms with van der Waals surface area (Å²) < 4.78 is 1.86. The van der Waals surface area contributed by atoms with Crippen molar-refractivity contribution in [2.45, 2.75) is 13.5 Å². The molecular formula is C11H17BrN4O. The number of hydrogen-bond acceptors (Lipinski definition) is 4. The lowest BCUT2D eigenvalue weighted by atomic mass is 10.4. The van der Waals surface area contributed by atoms with Crippen molar-refractivity contribution in [2.75, 3.05) is 25.0 Å². The molecule has 94 valence electrons. The summed E-state index contributed by atoms with van der Waals surface area (Å²) in [5, 5.41) is 10.4. The highest BCUT2D eigenvalue weighted by atomic mass is 79.9. The Morgan fingerprint density at radius 1 is 1.59 bits per heavy atom. The van der Waals surface area contributed by atoms with E-state index in [0.717, 1.165) is 19.6 Å². The lowest BCUT2D eigenvalue weighted by Gasteiger charge is -2.09. The van der Waals surface area contributed by atoms with E-state index < -0.39 is 0 Å². The van der Waals surface area contributed by atoms with E-state index in [0.29, 0.717) is 16.7 Å². The van der Waals surface area contributed by atoms with Crippen molar-refractivity contribution in [3.63, 3.8) is 0 Å². The average Bonchev–Trinajstić information content (AvgIpc) is 2.33. The smallest absolute Gasteiger partial charge is 0.283 e. The Hall–Kier alpha value is -1.14. The number of hydrogen-bond donors (Lipinski definition) is 2. The molecule has 1 aromatic heterocycles. The molecule has 0 amide bonds. The van der Waals surface area contributed by atoms with Crippen molar-refractivity contribution >= 4 is 21.6 Å². The van der Waals surface area contributed by atoms with Crippen molar-refractivity contribution in [1.29, 1.82) is 0 Å². The van der Waals surface area contributed by atoms with Gasteiger partial charge in [-0.3, -0.25) is 4.79 Å². The molecule has 1 aromatic rings. The number of allylic oxidation sites excluding steroid dienone is 1. The van der Waals surface area contributed by atoms with E-state index in [1.54, 1.807) is 12.3 Å². The fourth-order valence-corrected chi connectivity index (χ4v) is 1.75. The molecule has 6 heteroatoms. The molecule has 0 spiro atoms. The minimum atomic E-state index is -0.154. The molecule has 0 radical (unpaired) electrons. The summed E-state index contributed by atoms with van der Waals surface area (Å²) in [5.74, 6) is 0. The average molecular weight is 301 g/mol. The van der Waals surface area contributed by atoms with E-state index in [1.807, 2.05) is 6.92 Å². The van der Waals surface area contributed by atoms with Gasteiger partial charge >= 0.3 is 0 Å². The van der Waals surface area contributed by atoms with Gasteiger partial charge < -0.3 is 10.6 Å². The second kappa shape index (κ2) is 7.24. The predicted molar refractivity (Wildman–Crippen MR) is 73.4 cm³/mol. The van der Waals surface area contributed by atoms with E-state index in [-0.39, 0.29) is 5.56 Å². The third-order valence-corrected chi connectivity index (χ3v) is 2.92. The number of aromatic nitrogens is 2. The Labute approximate surface area is 109 Å². The summed E-state index contributed by atoms with van der Waals surface area (Å²) in [4.78, 5) is 11.8. The van der Waals surface area contributed by atoms with Crippen LogP contribution in [0.2, 0.25) is 0 Å². The lowest BCUT2D eigenvalue weighted by Crippen LogP contribution is -2.26. The van der Waals surface area contributed by atoms with E-state index in [2.05, 4.69) is 38.2 Å². The second-order valence-electron chi connectivity index (χ2n) is 3.43. The van der Waals surface area contributed by atoms with Crippen LogP contribution in [0.4, 0.5) is 5.69 Å². The largest absolute Gasteiger partial charge is 0.381 e. The van der Waals surface area contributed by atoms with Gasteiger partial charge in [0.1, 0.15) is 4.47 Å². The maximum Gasteiger partial charge on any atom is 0.283 e. The molecular weight excluding hydrogens is 284 g/mol. The molecule has 17 heavy (non-hydrogen) atoms. The summed E-state index contributed by atoms with van der Waals surface area (Å²) in [6.07, 6.45) is 3.28. The topological polar surface area (TPSA) is 59.0 Å². The molecule has 0 aliphatic rings. The Bertz CT molecular complexity index is 430. The van der Waals surface area contributed by atoms with Crippen molar-refractivity contribution in [2.24, 2.45) is 0 Å². The molecule has 1 rings (SSSR count). The van der Waals surface area contributed by atoms with Gasteiger partial charge in [0.2, 0.25) is 0 Å². The van der Waals surface area contributed by atoms with Crippen LogP contribution in [-0.4, -0.2) is 29.4 Å². The maximum absolute atomic E-state index is 11.8. The summed E-state index contributed by atoms with van der Waals surface area (Å²) in [5.41, 5.74) is 0.562. The van der Waals surface area contributed by atoms with Crippen LogP contribution >= 0.6 is 15.9 Å². The van der Waals surface area contributed by atoms with Crippen LogP contribution in [0.25, 0.3) is 0 Å². The van der Waals surface area contributed by atoms with Gasteiger partial charge in [-0.15, -0.1) is 6.58 Å². The minimum absolute atomic E-state index is 0.154. The number of nitrogens with zero attached hydrogens (tertiary/aromatic N) is 2. The predicted octanol–water partition coefficient (Wildman–Crippen LogP) is 1.21. The SMILES string of the molecule is C=CCn1ncc(NCCNCC)c(Br)c1=O. The first kappa shape index (κ1) is 13.9. The molecule has 0 unspecified atom stereocenters. The van der Waals surface area contributed by atoms with Crippen LogP contribution in [0.5, 0.6) is 0 Å². The van der Waals surface area contributed by atoms with Gasteiger partial charge in [-0.2, -0.15) is 5.10 Å². The third kappa shape index (κ3) is 3.98. The highest BCUT2D eigenvalue weighted by Crippen LogP contribution is 2.15. The van der Waals surface area contributed by atoms with Crippen molar-refractivity contribution < 1.29 is 0 Å². The van der Waals surface area contributed by atoms with Crippen molar-refractivity contribution in [1.82, 2.24) is 15.1 Å². The minimum Gasteiger partial charge on any atom is -0.381 e. The molecule has 0 saturated carbocycles. The van der Waals surface area contributed by atoms with E-state index in [4.69, 9.17) is 0 Å². The van der Waals surface area contributed by atoms with E-state index >= 15 is 0 Å². The van der Waals surface area contributed by atoms with Crippen LogP contribution in [0, 0.1) is 0 Å². The number of anilines is 1. The van der Waals surface area contributed by atoms with Gasteiger partial charge in [0.15, 0.2) is 0 Å². The van der Waals surface area contributed by atoms with Crippen LogP contribution in [0.3, 0.4) is 0 Å². The highest BCUT2D eigenvalue weighted by molar-refractivity contribution is 9.10. The normalized spacial score (nSPS) is 10.2. The molecule has 0 aliphatic carbocycles. The van der Waals surface area contributed by atoms with Gasteiger partial charge in [-0.25, -0.2) is 4.68 Å². The monoisotopic (exact) mass is 300 g/mol. The molecule has 0 aromatic carbocycles. The third-order valence-electron chi connectivity index (χ3n) is 2.15. The molecule has 0 atom stereocenters. The standard InChI is InChI=1S/C11H17BrN4O/c1-3-7-16-11(17)10(12)9(8-15-16)14-6-5-13-4-2/h3,8,13-14H,1,4-7H2,2H3. The van der Waals surface area contributed by atoms with Gasteiger partial charge in [-0.1, -0.05) is 13.0 Å². The fraction of sp³-hybridized carbons (Fsp3) is 0.455. The van der Waals surface area contributed by atoms with Crippen LogP contribution < -0.4 is 16.2 Å². The first-order valence-corrected chi connectivity index (χ1v) is 6.31. The number of likely N-dealkylation sites (N-methyl/N-ethyl adjacent to an activating group) is 1. The Kier molecular flexibility index (Phi) is 5.93. The van der Waals surface area contributed by atoms with Crippen molar-refractivity contribution in [3.05, 3.63) is 33.7 Å². The summed E-state index contributed by atoms with van der Waals surface area (Å²) >= 11 is 3.28. The highest BCUT2D eigenvalue weighted by Gasteiger charge is 2.07. The zero-order chi connectivity index (χ0) is 12.7. The number of nitrogens with one attached hydrogen (secondary N) is 2. The quantitative estimate of drug-likeness (QED) is 0.587. The summed E-state index contributed by atoms with van der Waals surface area (Å²) in [7, 11) is 0.